The molecule has 2 amide bonds. The number of carboxylic acids is 1. The molecule has 3 N–H and O–H groups in total. The van der Waals surface area contributed by atoms with E-state index in [1.165, 1.54) is 6.42 Å². The summed E-state index contributed by atoms with van der Waals surface area (Å²) in [6, 6.07) is -0.248. The van der Waals surface area contributed by atoms with E-state index in [1.807, 2.05) is 13.8 Å². The molecule has 1 saturated carbocycles. The van der Waals surface area contributed by atoms with Gasteiger partial charge in [-0.25, -0.2) is 4.79 Å². The highest BCUT2D eigenvalue weighted by Crippen LogP contribution is 2.28. The maximum atomic E-state index is 12.0. The van der Waals surface area contributed by atoms with Gasteiger partial charge in [-0.1, -0.05) is 33.1 Å². The lowest BCUT2D eigenvalue weighted by Gasteiger charge is -2.35. The minimum absolute atomic E-state index is 0.146. The zero-order chi connectivity index (χ0) is 15.2. The third-order valence-corrected chi connectivity index (χ3v) is 4.77. The summed E-state index contributed by atoms with van der Waals surface area (Å²) in [6.07, 6.45) is 6.51. The lowest BCUT2D eigenvalue weighted by molar-refractivity contribution is -0.149. The smallest absolute Gasteiger partial charge is 0.315 e. The van der Waals surface area contributed by atoms with E-state index in [4.69, 9.17) is 0 Å². The van der Waals surface area contributed by atoms with Crippen molar-refractivity contribution in [1.82, 2.24) is 10.6 Å². The van der Waals surface area contributed by atoms with Crippen molar-refractivity contribution in [2.45, 2.75) is 71.3 Å². The minimum atomic E-state index is -0.856. The Hall–Kier alpha value is -1.26. The van der Waals surface area contributed by atoms with E-state index in [0.29, 0.717) is 12.8 Å². The molecular weight excluding hydrogens is 256 g/mol. The van der Waals surface area contributed by atoms with Crippen LogP contribution in [-0.4, -0.2) is 29.2 Å². The lowest BCUT2D eigenvalue weighted by atomic mass is 9.82. The molecule has 0 saturated heterocycles. The van der Waals surface area contributed by atoms with Crippen molar-refractivity contribution in [2.24, 2.45) is 5.41 Å². The fraction of sp³-hybridized carbons (Fsp3) is 0.867. The van der Waals surface area contributed by atoms with E-state index in [2.05, 4.69) is 17.6 Å². The van der Waals surface area contributed by atoms with Crippen molar-refractivity contribution in [3.63, 3.8) is 0 Å². The number of amides is 2. The maximum Gasteiger partial charge on any atom is 0.315 e. The first-order valence-electron chi connectivity index (χ1n) is 7.67. The van der Waals surface area contributed by atoms with Gasteiger partial charge < -0.3 is 15.7 Å². The van der Waals surface area contributed by atoms with Crippen molar-refractivity contribution < 1.29 is 14.7 Å². The van der Waals surface area contributed by atoms with Gasteiger partial charge in [-0.05, 0) is 32.6 Å². The molecule has 1 rings (SSSR count). The number of hydrogen-bond donors (Lipinski definition) is 3. The fourth-order valence-electron chi connectivity index (χ4n) is 2.90. The normalized spacial score (nSPS) is 18.4. The summed E-state index contributed by atoms with van der Waals surface area (Å²) in [5.74, 6) is -0.841. The molecule has 1 aliphatic rings. The lowest BCUT2D eigenvalue weighted by Crippen LogP contribution is -2.53. The number of nitrogens with one attached hydrogen (secondary N) is 2. The summed E-state index contributed by atoms with van der Waals surface area (Å²) in [4.78, 5) is 23.4. The monoisotopic (exact) mass is 284 g/mol. The predicted octanol–water partition coefficient (Wildman–Crippen LogP) is 2.90. The average molecular weight is 284 g/mol. The third-order valence-electron chi connectivity index (χ3n) is 4.77. The molecule has 1 fully saturated rings. The standard InChI is InChI=1S/C15H28N2O3/c1-4-15(5-2,12(18)19)11-16-13(20)17-14(3)9-7-6-8-10-14/h4-11H2,1-3H3,(H,18,19)(H2,16,17,20). The first-order chi connectivity index (χ1) is 9.37. The minimum Gasteiger partial charge on any atom is -0.481 e. The molecule has 0 aromatic rings. The van der Waals surface area contributed by atoms with Crippen LogP contribution in [0.25, 0.3) is 0 Å². The number of carboxylic acid groups (broad SMARTS) is 1. The summed E-state index contributed by atoms with van der Waals surface area (Å²) in [5, 5.41) is 15.1. The Balaban J connectivity index is 2.51. The molecule has 116 valence electrons. The van der Waals surface area contributed by atoms with Gasteiger partial charge in [-0.15, -0.1) is 0 Å². The number of carbonyl (C=O) groups excluding carboxylic acids is 1. The zero-order valence-electron chi connectivity index (χ0n) is 12.9. The van der Waals surface area contributed by atoms with Crippen LogP contribution in [0, 0.1) is 5.41 Å². The molecule has 5 heteroatoms. The quantitative estimate of drug-likeness (QED) is 0.701. The van der Waals surface area contributed by atoms with Crippen LogP contribution in [0.5, 0.6) is 0 Å². The van der Waals surface area contributed by atoms with Crippen LogP contribution in [0.4, 0.5) is 4.79 Å². The van der Waals surface area contributed by atoms with E-state index in [-0.39, 0.29) is 18.1 Å². The second kappa shape index (κ2) is 6.95. The molecule has 0 aromatic carbocycles. The number of aliphatic carboxylic acids is 1. The highest BCUT2D eigenvalue weighted by atomic mass is 16.4. The second-order valence-corrected chi connectivity index (χ2v) is 6.22. The van der Waals surface area contributed by atoms with Crippen LogP contribution >= 0.6 is 0 Å². The largest absolute Gasteiger partial charge is 0.481 e. The third kappa shape index (κ3) is 4.12. The van der Waals surface area contributed by atoms with Gasteiger partial charge in [-0.2, -0.15) is 0 Å². The Morgan fingerprint density at radius 2 is 1.70 bits per heavy atom. The van der Waals surface area contributed by atoms with Crippen LogP contribution in [-0.2, 0) is 4.79 Å². The summed E-state index contributed by atoms with van der Waals surface area (Å²) in [5.41, 5.74) is -1.00. The zero-order valence-corrected chi connectivity index (χ0v) is 12.9. The predicted molar refractivity (Wildman–Crippen MR) is 78.7 cm³/mol. The van der Waals surface area contributed by atoms with Gasteiger partial charge >= 0.3 is 12.0 Å². The fourth-order valence-corrected chi connectivity index (χ4v) is 2.90. The molecule has 5 nitrogen and oxygen atoms in total. The van der Waals surface area contributed by atoms with Crippen LogP contribution in [0.15, 0.2) is 0 Å². The van der Waals surface area contributed by atoms with Gasteiger partial charge in [0.2, 0.25) is 0 Å². The Labute approximate surface area is 121 Å². The van der Waals surface area contributed by atoms with E-state index >= 15 is 0 Å². The molecule has 0 spiro atoms. The van der Waals surface area contributed by atoms with Crippen molar-refractivity contribution in [3.8, 4) is 0 Å². The van der Waals surface area contributed by atoms with Gasteiger partial charge in [0.15, 0.2) is 0 Å². The van der Waals surface area contributed by atoms with Crippen LogP contribution in [0.2, 0.25) is 0 Å². The van der Waals surface area contributed by atoms with Crippen molar-refractivity contribution in [1.29, 1.82) is 0 Å². The van der Waals surface area contributed by atoms with Gasteiger partial charge in [0.1, 0.15) is 0 Å². The van der Waals surface area contributed by atoms with Crippen molar-refractivity contribution in [3.05, 3.63) is 0 Å². The molecule has 20 heavy (non-hydrogen) atoms. The molecular formula is C15H28N2O3. The van der Waals surface area contributed by atoms with Crippen LogP contribution < -0.4 is 10.6 Å². The Morgan fingerprint density at radius 1 is 1.15 bits per heavy atom. The Kier molecular flexibility index (Phi) is 5.84. The van der Waals surface area contributed by atoms with E-state index in [9.17, 15) is 14.7 Å². The molecule has 0 bridgehead atoms. The molecule has 0 heterocycles. The average Bonchev–Trinajstić information content (AvgIpc) is 2.40. The Morgan fingerprint density at radius 3 is 2.15 bits per heavy atom. The van der Waals surface area contributed by atoms with E-state index < -0.39 is 11.4 Å². The summed E-state index contributed by atoms with van der Waals surface area (Å²) >= 11 is 0. The first kappa shape index (κ1) is 16.8. The maximum absolute atomic E-state index is 12.0. The van der Waals surface area contributed by atoms with Gasteiger partial charge in [0, 0.05) is 12.1 Å². The number of rotatable bonds is 6. The van der Waals surface area contributed by atoms with Crippen molar-refractivity contribution in [2.75, 3.05) is 6.54 Å². The van der Waals surface area contributed by atoms with E-state index in [1.54, 1.807) is 0 Å². The summed E-state index contributed by atoms with van der Waals surface area (Å²) in [7, 11) is 0. The van der Waals surface area contributed by atoms with Crippen LogP contribution in [0.1, 0.15) is 65.7 Å². The highest BCUT2D eigenvalue weighted by Gasteiger charge is 2.36. The molecule has 0 aliphatic heterocycles. The SMILES string of the molecule is CCC(CC)(CNC(=O)NC1(C)CCCCC1)C(=O)O. The van der Waals surface area contributed by atoms with Gasteiger partial charge in [0.25, 0.3) is 0 Å². The molecule has 0 aromatic heterocycles. The number of carbonyl (C=O) groups is 2. The molecule has 1 aliphatic carbocycles. The highest BCUT2D eigenvalue weighted by molar-refractivity contribution is 5.78. The summed E-state index contributed by atoms with van der Waals surface area (Å²) in [6.45, 7) is 5.94. The van der Waals surface area contributed by atoms with Crippen LogP contribution in [0.3, 0.4) is 0 Å². The molecule has 0 radical (unpaired) electrons. The van der Waals surface area contributed by atoms with Gasteiger partial charge in [-0.3, -0.25) is 4.79 Å². The second-order valence-electron chi connectivity index (χ2n) is 6.22. The molecule has 0 atom stereocenters. The van der Waals surface area contributed by atoms with Gasteiger partial charge in [0.05, 0.1) is 5.41 Å². The first-order valence-corrected chi connectivity index (χ1v) is 7.67. The molecule has 0 unspecified atom stereocenters. The van der Waals surface area contributed by atoms with Crippen molar-refractivity contribution >= 4 is 12.0 Å². The number of hydrogen-bond acceptors (Lipinski definition) is 2. The number of urea groups is 1. The summed E-state index contributed by atoms with van der Waals surface area (Å²) < 4.78 is 0. The topological polar surface area (TPSA) is 78.4 Å². The Bertz CT molecular complexity index is 345. The van der Waals surface area contributed by atoms with E-state index in [0.717, 1.165) is 25.7 Å².